The Bertz CT molecular complexity index is 1290. The average molecular weight is 515 g/mol. The maximum Gasteiger partial charge on any atom is 0.223 e. The van der Waals surface area contributed by atoms with Crippen molar-refractivity contribution < 1.29 is 18.0 Å². The molecule has 36 heavy (non-hydrogen) atoms. The summed E-state index contributed by atoms with van der Waals surface area (Å²) in [5.74, 6) is 0.636. The van der Waals surface area contributed by atoms with Gasteiger partial charge in [0.15, 0.2) is 5.65 Å². The molecule has 11 heteroatoms. The summed E-state index contributed by atoms with van der Waals surface area (Å²) in [7, 11) is -2.95. The molecule has 4 heterocycles. The third-order valence-electron chi connectivity index (χ3n) is 8.06. The minimum absolute atomic E-state index is 0.0509. The van der Waals surface area contributed by atoms with Gasteiger partial charge in [-0.15, -0.1) is 0 Å². The Kier molecular flexibility index (Phi) is 5.94. The molecular formula is C25H34N6O4S. The molecule has 6 rings (SSSR count). The summed E-state index contributed by atoms with van der Waals surface area (Å²) in [6.45, 7) is 2.74. The Hall–Kier alpha value is -2.66. The summed E-state index contributed by atoms with van der Waals surface area (Å²) in [6.07, 6.45) is 12.3. The molecule has 2 saturated carbocycles. The lowest BCUT2D eigenvalue weighted by molar-refractivity contribution is -0.129. The van der Waals surface area contributed by atoms with Crippen LogP contribution in [-0.2, 0) is 26.0 Å². The van der Waals surface area contributed by atoms with Crippen molar-refractivity contribution in [1.82, 2.24) is 25.6 Å². The van der Waals surface area contributed by atoms with Crippen LogP contribution in [0.4, 0.5) is 5.69 Å². The second-order valence-electron chi connectivity index (χ2n) is 10.7. The molecule has 194 valence electrons. The number of sulfone groups is 1. The maximum absolute atomic E-state index is 12.5. The summed E-state index contributed by atoms with van der Waals surface area (Å²) in [4.78, 5) is 23.4. The van der Waals surface area contributed by atoms with Crippen molar-refractivity contribution in [3.63, 3.8) is 0 Å². The molecule has 2 aromatic rings. The molecular weight excluding hydrogens is 480 g/mol. The highest BCUT2D eigenvalue weighted by atomic mass is 32.2. The largest absolute Gasteiger partial charge is 0.381 e. The molecule has 1 saturated heterocycles. The SMILES string of the molecule is CCn1ncc2c(NC3CCS(=O)(=O)CC3)c(C3=CC4(CCC(C(=O)NC5CC5)CC4)ON3)cnc21. The van der Waals surface area contributed by atoms with Gasteiger partial charge in [-0.2, -0.15) is 5.10 Å². The highest BCUT2D eigenvalue weighted by molar-refractivity contribution is 7.91. The highest BCUT2D eigenvalue weighted by Crippen LogP contribution is 2.42. The molecule has 3 N–H and O–H groups in total. The number of nitrogens with zero attached hydrogens (tertiary/aromatic N) is 3. The lowest BCUT2D eigenvalue weighted by Crippen LogP contribution is -2.40. The van der Waals surface area contributed by atoms with Crippen LogP contribution in [0, 0.1) is 5.92 Å². The molecule has 3 fully saturated rings. The van der Waals surface area contributed by atoms with Gasteiger partial charge >= 0.3 is 0 Å². The third-order valence-corrected chi connectivity index (χ3v) is 9.77. The van der Waals surface area contributed by atoms with E-state index in [1.54, 1.807) is 0 Å². The smallest absolute Gasteiger partial charge is 0.223 e. The van der Waals surface area contributed by atoms with Crippen molar-refractivity contribution in [2.45, 2.75) is 82.5 Å². The fourth-order valence-corrected chi connectivity index (χ4v) is 7.12. The van der Waals surface area contributed by atoms with Crippen molar-refractivity contribution in [1.29, 1.82) is 0 Å². The zero-order valence-electron chi connectivity index (χ0n) is 20.6. The number of hydrogen-bond donors (Lipinski definition) is 3. The van der Waals surface area contributed by atoms with Crippen molar-refractivity contribution in [2.75, 3.05) is 16.8 Å². The second kappa shape index (κ2) is 9.02. The maximum atomic E-state index is 12.5. The number of amides is 1. The normalized spacial score (nSPS) is 24.0. The predicted molar refractivity (Wildman–Crippen MR) is 137 cm³/mol. The van der Waals surface area contributed by atoms with Gasteiger partial charge in [-0.05, 0) is 64.4 Å². The summed E-state index contributed by atoms with van der Waals surface area (Å²) in [5.41, 5.74) is 6.15. The molecule has 0 atom stereocenters. The summed E-state index contributed by atoms with van der Waals surface area (Å²) >= 11 is 0. The monoisotopic (exact) mass is 514 g/mol. The number of carbonyl (C=O) groups excluding carboxylic acids is 1. The van der Waals surface area contributed by atoms with Crippen LogP contribution in [0.3, 0.4) is 0 Å². The van der Waals surface area contributed by atoms with Crippen LogP contribution in [0.1, 0.15) is 63.9 Å². The van der Waals surface area contributed by atoms with Gasteiger partial charge in [-0.25, -0.2) is 18.1 Å². The Balaban J connectivity index is 1.26. The molecule has 0 aromatic carbocycles. The molecule has 10 nitrogen and oxygen atoms in total. The number of aromatic nitrogens is 3. The first-order valence-corrected chi connectivity index (χ1v) is 15.0. The lowest BCUT2D eigenvalue weighted by Gasteiger charge is -2.33. The van der Waals surface area contributed by atoms with Crippen LogP contribution in [0.15, 0.2) is 18.5 Å². The number of hydrogen-bond acceptors (Lipinski definition) is 8. The number of fused-ring (bicyclic) bond motifs is 1. The number of aryl methyl sites for hydroxylation is 1. The predicted octanol–water partition coefficient (Wildman–Crippen LogP) is 2.52. The molecule has 2 aliphatic heterocycles. The zero-order valence-corrected chi connectivity index (χ0v) is 21.4. The topological polar surface area (TPSA) is 127 Å². The van der Waals surface area contributed by atoms with E-state index in [9.17, 15) is 13.2 Å². The molecule has 0 bridgehead atoms. The summed E-state index contributed by atoms with van der Waals surface area (Å²) in [5, 5.41) is 12.2. The summed E-state index contributed by atoms with van der Waals surface area (Å²) in [6, 6.07) is 0.444. The first-order valence-electron chi connectivity index (χ1n) is 13.1. The lowest BCUT2D eigenvalue weighted by atomic mass is 9.78. The van der Waals surface area contributed by atoms with Gasteiger partial charge in [-0.3, -0.25) is 15.1 Å². The molecule has 0 unspecified atom stereocenters. The van der Waals surface area contributed by atoms with E-state index in [4.69, 9.17) is 9.82 Å². The van der Waals surface area contributed by atoms with E-state index in [0.717, 1.165) is 66.5 Å². The van der Waals surface area contributed by atoms with Gasteiger partial charge in [0.2, 0.25) is 5.91 Å². The standard InChI is InChI=1S/C25H34N6O4S/c1-2-31-23-20(15-27-31)22(28-18-7-11-36(33,34)12-8-18)19(14-26-23)21-13-25(35-30-21)9-5-16(6-10-25)24(32)29-17-3-4-17/h13-18,30H,2-12H2,1H3,(H,26,28)(H,29,32). The quantitative estimate of drug-likeness (QED) is 0.537. The number of nitrogens with one attached hydrogen (secondary N) is 3. The number of pyridine rings is 1. The van der Waals surface area contributed by atoms with Gasteiger partial charge in [-0.1, -0.05) is 0 Å². The second-order valence-corrected chi connectivity index (χ2v) is 13.0. The first-order chi connectivity index (χ1) is 17.3. The van der Waals surface area contributed by atoms with Crippen LogP contribution in [0.25, 0.3) is 16.7 Å². The Morgan fingerprint density at radius 2 is 1.89 bits per heavy atom. The Morgan fingerprint density at radius 3 is 2.58 bits per heavy atom. The van der Waals surface area contributed by atoms with Crippen LogP contribution >= 0.6 is 0 Å². The Morgan fingerprint density at radius 1 is 1.14 bits per heavy atom. The van der Waals surface area contributed by atoms with E-state index in [-0.39, 0.29) is 29.4 Å². The fourth-order valence-electron chi connectivity index (χ4n) is 5.63. The van der Waals surface area contributed by atoms with Gasteiger partial charge in [0, 0.05) is 36.3 Å². The van der Waals surface area contributed by atoms with E-state index in [1.165, 1.54) is 0 Å². The summed E-state index contributed by atoms with van der Waals surface area (Å²) < 4.78 is 25.8. The molecule has 4 aliphatic rings. The molecule has 1 amide bonds. The van der Waals surface area contributed by atoms with Crippen molar-refractivity contribution >= 4 is 38.2 Å². The van der Waals surface area contributed by atoms with E-state index in [0.29, 0.717) is 25.4 Å². The zero-order chi connectivity index (χ0) is 24.9. The number of rotatable bonds is 6. The third kappa shape index (κ3) is 4.58. The molecule has 1 spiro atoms. The van der Waals surface area contributed by atoms with E-state index < -0.39 is 15.4 Å². The van der Waals surface area contributed by atoms with Crippen LogP contribution in [-0.4, -0.2) is 58.3 Å². The molecule has 2 aromatic heterocycles. The van der Waals surface area contributed by atoms with E-state index in [2.05, 4.69) is 27.3 Å². The number of anilines is 1. The highest BCUT2D eigenvalue weighted by Gasteiger charge is 2.42. The van der Waals surface area contributed by atoms with Crippen LogP contribution < -0.4 is 16.1 Å². The van der Waals surface area contributed by atoms with Gasteiger partial charge < -0.3 is 10.6 Å². The number of carbonyl (C=O) groups is 1. The van der Waals surface area contributed by atoms with Gasteiger partial charge in [0.1, 0.15) is 15.4 Å². The molecule has 0 radical (unpaired) electrons. The van der Waals surface area contributed by atoms with Crippen LogP contribution in [0.5, 0.6) is 0 Å². The average Bonchev–Trinajstić information content (AvgIpc) is 3.43. The van der Waals surface area contributed by atoms with E-state index >= 15 is 0 Å². The van der Waals surface area contributed by atoms with Crippen molar-refractivity contribution in [3.8, 4) is 0 Å². The Labute approximate surface area is 211 Å². The van der Waals surface area contributed by atoms with Crippen molar-refractivity contribution in [2.24, 2.45) is 5.92 Å². The van der Waals surface area contributed by atoms with Gasteiger partial charge in [0.25, 0.3) is 0 Å². The fraction of sp³-hybridized carbons (Fsp3) is 0.640. The van der Waals surface area contributed by atoms with Crippen LogP contribution in [0.2, 0.25) is 0 Å². The molecule has 2 aliphatic carbocycles. The minimum atomic E-state index is -2.95. The minimum Gasteiger partial charge on any atom is -0.381 e. The number of hydroxylamine groups is 1. The first kappa shape index (κ1) is 23.7. The van der Waals surface area contributed by atoms with Crippen molar-refractivity contribution in [3.05, 3.63) is 24.0 Å². The van der Waals surface area contributed by atoms with E-state index in [1.807, 2.05) is 24.0 Å². The van der Waals surface area contributed by atoms with Gasteiger partial charge in [0.05, 0.1) is 34.5 Å².